The van der Waals surface area contributed by atoms with E-state index in [-0.39, 0.29) is 11.0 Å². The Kier molecular flexibility index (Phi) is 3.12. The summed E-state index contributed by atoms with van der Waals surface area (Å²) >= 11 is 0. The molecule has 0 fully saturated rings. The summed E-state index contributed by atoms with van der Waals surface area (Å²) in [4.78, 5) is 10.5. The van der Waals surface area contributed by atoms with Gasteiger partial charge in [0.05, 0.1) is 0 Å². The Hall–Kier alpha value is -1.38. The zero-order chi connectivity index (χ0) is 11.6. The van der Waals surface area contributed by atoms with Gasteiger partial charge < -0.3 is 5.11 Å². The van der Waals surface area contributed by atoms with Gasteiger partial charge >= 0.3 is 5.97 Å². The van der Waals surface area contributed by atoms with E-state index in [2.05, 4.69) is 0 Å². The van der Waals surface area contributed by atoms with Crippen molar-refractivity contribution in [3.05, 3.63) is 35.4 Å². The van der Waals surface area contributed by atoms with Gasteiger partial charge in [-0.2, -0.15) is 0 Å². The van der Waals surface area contributed by atoms with E-state index in [1.165, 1.54) is 6.07 Å². The number of hydrogen-bond donors (Lipinski definition) is 1. The first-order chi connectivity index (χ1) is 6.82. The van der Waals surface area contributed by atoms with Gasteiger partial charge in [-0.1, -0.05) is 45.0 Å². The van der Waals surface area contributed by atoms with Crippen LogP contribution in [0.4, 0.5) is 4.39 Å². The number of carboxylic acids is 1. The number of benzene rings is 1. The predicted octanol–water partition coefficient (Wildman–Crippen LogP) is 3.08. The van der Waals surface area contributed by atoms with Gasteiger partial charge in [-0.25, -0.2) is 9.18 Å². The summed E-state index contributed by atoms with van der Waals surface area (Å²) in [7, 11) is 0. The fraction of sp³-hybridized carbons (Fsp3) is 0.417. The van der Waals surface area contributed by atoms with Crippen molar-refractivity contribution in [1.82, 2.24) is 0 Å². The molecule has 3 heteroatoms. The van der Waals surface area contributed by atoms with Crippen LogP contribution in [0.15, 0.2) is 24.3 Å². The molecule has 0 amide bonds. The van der Waals surface area contributed by atoms with E-state index < -0.39 is 12.1 Å². The van der Waals surface area contributed by atoms with Crippen LogP contribution in [-0.4, -0.2) is 11.1 Å². The average molecular weight is 210 g/mol. The maximum atomic E-state index is 13.2. The summed E-state index contributed by atoms with van der Waals surface area (Å²) in [5, 5.41) is 8.55. The van der Waals surface area contributed by atoms with Crippen LogP contribution in [-0.2, 0) is 10.2 Å². The molecule has 0 aromatic heterocycles. The van der Waals surface area contributed by atoms with Crippen LogP contribution in [0.5, 0.6) is 0 Å². The molecule has 0 saturated heterocycles. The van der Waals surface area contributed by atoms with Gasteiger partial charge in [0.15, 0.2) is 0 Å². The van der Waals surface area contributed by atoms with E-state index in [1.807, 2.05) is 26.8 Å². The van der Waals surface area contributed by atoms with E-state index in [4.69, 9.17) is 5.11 Å². The number of rotatable bonds is 2. The summed E-state index contributed by atoms with van der Waals surface area (Å²) < 4.78 is 13.2. The van der Waals surface area contributed by atoms with Gasteiger partial charge in [-0.05, 0) is 16.5 Å². The summed E-state index contributed by atoms with van der Waals surface area (Å²) in [6.45, 7) is 6.00. The van der Waals surface area contributed by atoms with Gasteiger partial charge in [0, 0.05) is 0 Å². The molecule has 0 aliphatic heterocycles. The first kappa shape index (κ1) is 11.7. The molecule has 1 aromatic rings. The van der Waals surface area contributed by atoms with Gasteiger partial charge in [0.25, 0.3) is 0 Å². The second-order valence-corrected chi connectivity index (χ2v) is 4.58. The topological polar surface area (TPSA) is 37.3 Å². The summed E-state index contributed by atoms with van der Waals surface area (Å²) in [6, 6.07) is 6.66. The molecule has 2 nitrogen and oxygen atoms in total. The van der Waals surface area contributed by atoms with Crippen molar-refractivity contribution < 1.29 is 14.3 Å². The second-order valence-electron chi connectivity index (χ2n) is 4.58. The Morgan fingerprint density at radius 1 is 1.40 bits per heavy atom. The molecule has 0 aliphatic carbocycles. The third kappa shape index (κ3) is 2.78. The zero-order valence-corrected chi connectivity index (χ0v) is 9.12. The fourth-order valence-electron chi connectivity index (χ4n) is 1.31. The SMILES string of the molecule is CC(C)(C)c1cccc(C(F)C(=O)O)c1. The van der Waals surface area contributed by atoms with Gasteiger partial charge in [0.1, 0.15) is 0 Å². The molecule has 1 unspecified atom stereocenters. The van der Waals surface area contributed by atoms with Crippen LogP contribution >= 0.6 is 0 Å². The highest BCUT2D eigenvalue weighted by atomic mass is 19.1. The highest BCUT2D eigenvalue weighted by molar-refractivity contribution is 5.74. The van der Waals surface area contributed by atoms with Crippen LogP contribution in [0, 0.1) is 0 Å². The van der Waals surface area contributed by atoms with Crippen molar-refractivity contribution in [1.29, 1.82) is 0 Å². The van der Waals surface area contributed by atoms with Crippen molar-refractivity contribution in [2.75, 3.05) is 0 Å². The maximum Gasteiger partial charge on any atom is 0.343 e. The summed E-state index contributed by atoms with van der Waals surface area (Å²) in [5.74, 6) is -1.44. The maximum absolute atomic E-state index is 13.2. The van der Waals surface area contributed by atoms with E-state index in [0.29, 0.717) is 0 Å². The third-order valence-corrected chi connectivity index (χ3v) is 2.26. The first-order valence-corrected chi connectivity index (χ1v) is 4.79. The van der Waals surface area contributed by atoms with Gasteiger partial charge in [-0.15, -0.1) is 0 Å². The standard InChI is InChI=1S/C12H15FO2/c1-12(2,3)9-6-4-5-8(7-9)10(13)11(14)15/h4-7,10H,1-3H3,(H,14,15). The molecule has 0 aliphatic rings. The number of hydrogen-bond acceptors (Lipinski definition) is 1. The average Bonchev–Trinajstić information content (AvgIpc) is 2.15. The number of aliphatic carboxylic acids is 1. The molecule has 1 atom stereocenters. The minimum absolute atomic E-state index is 0.103. The van der Waals surface area contributed by atoms with Crippen LogP contribution in [0.2, 0.25) is 0 Å². The Bertz CT molecular complexity index is 366. The molecule has 0 spiro atoms. The largest absolute Gasteiger partial charge is 0.479 e. The lowest BCUT2D eigenvalue weighted by atomic mass is 9.86. The Morgan fingerprint density at radius 2 is 2.00 bits per heavy atom. The van der Waals surface area contributed by atoms with E-state index >= 15 is 0 Å². The second kappa shape index (κ2) is 4.01. The number of alkyl halides is 1. The molecule has 0 saturated carbocycles. The molecule has 0 heterocycles. The third-order valence-electron chi connectivity index (χ3n) is 2.26. The normalized spacial score (nSPS) is 13.6. The number of carbonyl (C=O) groups is 1. The van der Waals surface area contributed by atoms with Crippen molar-refractivity contribution in [3.63, 3.8) is 0 Å². The van der Waals surface area contributed by atoms with Crippen molar-refractivity contribution in [2.24, 2.45) is 0 Å². The molecule has 0 radical (unpaired) electrons. The molecular formula is C12H15FO2. The number of carboxylic acid groups (broad SMARTS) is 1. The Morgan fingerprint density at radius 3 is 2.47 bits per heavy atom. The van der Waals surface area contributed by atoms with E-state index in [1.54, 1.807) is 12.1 Å². The fourth-order valence-corrected chi connectivity index (χ4v) is 1.31. The number of halogens is 1. The van der Waals surface area contributed by atoms with Gasteiger partial charge in [0.2, 0.25) is 6.17 Å². The van der Waals surface area contributed by atoms with Gasteiger partial charge in [-0.3, -0.25) is 0 Å². The van der Waals surface area contributed by atoms with Crippen molar-refractivity contribution in [3.8, 4) is 0 Å². The molecule has 0 bridgehead atoms. The predicted molar refractivity (Wildman–Crippen MR) is 56.6 cm³/mol. The van der Waals surface area contributed by atoms with Crippen LogP contribution < -0.4 is 0 Å². The van der Waals surface area contributed by atoms with Crippen molar-refractivity contribution >= 4 is 5.97 Å². The smallest absolute Gasteiger partial charge is 0.343 e. The lowest BCUT2D eigenvalue weighted by Gasteiger charge is -2.19. The van der Waals surface area contributed by atoms with E-state index in [0.717, 1.165) is 5.56 Å². The molecule has 15 heavy (non-hydrogen) atoms. The van der Waals surface area contributed by atoms with Crippen LogP contribution in [0.25, 0.3) is 0 Å². The Balaban J connectivity index is 3.08. The Labute approximate surface area is 88.7 Å². The molecule has 1 N–H and O–H groups in total. The monoisotopic (exact) mass is 210 g/mol. The summed E-state index contributed by atoms with van der Waals surface area (Å²) in [5.41, 5.74) is 1.03. The minimum atomic E-state index is -1.94. The summed E-state index contributed by atoms with van der Waals surface area (Å²) in [6.07, 6.45) is -1.94. The first-order valence-electron chi connectivity index (χ1n) is 4.79. The molecule has 1 aromatic carbocycles. The lowest BCUT2D eigenvalue weighted by Crippen LogP contribution is -2.13. The molecule has 82 valence electrons. The quantitative estimate of drug-likeness (QED) is 0.814. The highest BCUT2D eigenvalue weighted by Crippen LogP contribution is 2.26. The van der Waals surface area contributed by atoms with Crippen LogP contribution in [0.3, 0.4) is 0 Å². The molecular weight excluding hydrogens is 195 g/mol. The van der Waals surface area contributed by atoms with E-state index in [9.17, 15) is 9.18 Å². The van der Waals surface area contributed by atoms with Crippen LogP contribution in [0.1, 0.15) is 38.1 Å². The minimum Gasteiger partial charge on any atom is -0.479 e. The lowest BCUT2D eigenvalue weighted by molar-refractivity contribution is -0.143. The zero-order valence-electron chi connectivity index (χ0n) is 9.12. The van der Waals surface area contributed by atoms with Crippen molar-refractivity contribution in [2.45, 2.75) is 32.4 Å². The highest BCUT2D eigenvalue weighted by Gasteiger charge is 2.21. The molecule has 1 rings (SSSR count).